The molecule has 0 unspecified atom stereocenters. The molecule has 0 saturated carbocycles. The minimum absolute atomic E-state index is 0.0904. The molecule has 0 atom stereocenters. The van der Waals surface area contributed by atoms with Gasteiger partial charge in [-0.2, -0.15) is 10.5 Å². The van der Waals surface area contributed by atoms with Crippen LogP contribution < -0.4 is 19.6 Å². The summed E-state index contributed by atoms with van der Waals surface area (Å²) < 4.78 is 132. The first-order valence-electron chi connectivity index (χ1n) is 45.0. The SMILES string of the molecule is [C-]#[N+]c1ccc(N(c2cc(-c3ccc4ccccc4c3)c(F)cc2F)c2ccc3ccc4c(N(c5ccc(C#N)cc5)c5cc(-c6ccc7ccccc7c6)c(F)cc5F)ccc5ccc2c3c54)cc1.[C-]#[N+]c1ccc(N(c2cc(-c3cccc4ccccc34)c(F)cc2F)c2ccc3ccc4c(N(c5ccc(C#N)cc5)c5cc(-c6cccc7ccccc67)c(F)cc5F)ccc5ccc2c3c54)cc1. The minimum atomic E-state index is -0.789. The lowest BCUT2D eigenvalue weighted by Crippen LogP contribution is -2.14. The van der Waals surface area contributed by atoms with Gasteiger partial charge in [0.25, 0.3) is 0 Å². The first-order valence-corrected chi connectivity index (χ1v) is 45.0. The number of benzene rings is 24. The summed E-state index contributed by atoms with van der Waals surface area (Å²) >= 11 is 0. The predicted octanol–water partition coefficient (Wildman–Crippen LogP) is 36.3. The third kappa shape index (κ3) is 14.8. The molecular weight excluding hydrogens is 1750 g/mol. The maximum Gasteiger partial charge on any atom is 0.187 e. The molecule has 0 aliphatic rings. The van der Waals surface area contributed by atoms with Crippen molar-refractivity contribution in [2.24, 2.45) is 0 Å². The fourth-order valence-electron chi connectivity index (χ4n) is 20.0. The molecule has 0 bridgehead atoms. The zero-order valence-corrected chi connectivity index (χ0v) is 73.9. The van der Waals surface area contributed by atoms with Crippen molar-refractivity contribution in [1.82, 2.24) is 0 Å². The molecule has 0 aromatic heterocycles. The topological polar surface area (TPSA) is 69.3 Å². The summed E-state index contributed by atoms with van der Waals surface area (Å²) in [5.41, 5.74) is 9.74. The Morgan fingerprint density at radius 2 is 0.450 bits per heavy atom. The quantitative estimate of drug-likeness (QED) is 0.0545. The fourth-order valence-corrected chi connectivity index (χ4v) is 20.0. The maximum absolute atomic E-state index is 16.8. The van der Waals surface area contributed by atoms with Gasteiger partial charge in [0, 0.05) is 90.8 Å². The molecule has 0 aliphatic heterocycles. The van der Waals surface area contributed by atoms with E-state index in [0.717, 1.165) is 132 Å². The van der Waals surface area contributed by atoms with Crippen LogP contribution in [0.4, 0.5) is 115 Å². The summed E-state index contributed by atoms with van der Waals surface area (Å²) in [7, 11) is 0. The van der Waals surface area contributed by atoms with Crippen molar-refractivity contribution >= 4 is 187 Å². The van der Waals surface area contributed by atoms with Crippen LogP contribution in [0.5, 0.6) is 0 Å². The molecule has 0 amide bonds. The molecule has 0 saturated heterocycles. The number of nitriles is 2. The Hall–Kier alpha value is -19.0. The van der Waals surface area contributed by atoms with Crippen molar-refractivity contribution in [3.63, 3.8) is 0 Å². The normalized spacial score (nSPS) is 11.4. The lowest BCUT2D eigenvalue weighted by molar-refractivity contribution is 0.586. The van der Waals surface area contributed by atoms with Crippen LogP contribution in [0, 0.1) is 82.3 Å². The molecule has 0 radical (unpaired) electrons. The van der Waals surface area contributed by atoms with Crippen molar-refractivity contribution in [3.05, 3.63) is 493 Å². The van der Waals surface area contributed by atoms with E-state index >= 15 is 35.1 Å². The van der Waals surface area contributed by atoms with Gasteiger partial charge in [0.2, 0.25) is 0 Å². The molecule has 0 N–H and O–H groups in total. The summed E-state index contributed by atoms with van der Waals surface area (Å²) in [5, 5.41) is 36.6. The van der Waals surface area contributed by atoms with E-state index in [1.807, 2.05) is 267 Å². The molecule has 0 spiro atoms. The highest BCUT2D eigenvalue weighted by Gasteiger charge is 2.32. The van der Waals surface area contributed by atoms with Crippen molar-refractivity contribution in [2.45, 2.75) is 0 Å². The van der Waals surface area contributed by atoms with Gasteiger partial charge < -0.3 is 19.6 Å². The molecule has 24 rings (SSSR count). The van der Waals surface area contributed by atoms with E-state index in [9.17, 15) is 10.5 Å². The zero-order valence-electron chi connectivity index (χ0n) is 73.9. The van der Waals surface area contributed by atoms with Gasteiger partial charge in [-0.1, -0.05) is 255 Å². The molecule has 24 aromatic rings. The van der Waals surface area contributed by atoms with E-state index in [0.29, 0.717) is 90.3 Å². The Kier molecular flexibility index (Phi) is 21.2. The molecular formula is C124H68F8N8. The van der Waals surface area contributed by atoms with Crippen LogP contribution in [0.2, 0.25) is 0 Å². The first kappa shape index (κ1) is 85.2. The highest BCUT2D eigenvalue weighted by atomic mass is 19.2. The van der Waals surface area contributed by atoms with Gasteiger partial charge in [-0.25, -0.2) is 44.8 Å². The lowest BCUT2D eigenvalue weighted by atomic mass is 9.91. The van der Waals surface area contributed by atoms with E-state index in [2.05, 4.69) is 21.8 Å². The van der Waals surface area contributed by atoms with Crippen molar-refractivity contribution in [3.8, 4) is 56.6 Å². The Morgan fingerprint density at radius 1 is 0.193 bits per heavy atom. The molecule has 0 aliphatic carbocycles. The van der Waals surface area contributed by atoms with Gasteiger partial charge >= 0.3 is 0 Å². The molecule has 8 nitrogen and oxygen atoms in total. The number of anilines is 12. The van der Waals surface area contributed by atoms with Gasteiger partial charge in [-0.3, -0.25) is 0 Å². The standard InChI is InChI=1S/2C62H34F4N4/c1-68-42-22-26-44(27-23-42)70(60-33-52(54(64)35-56(60)66)48-15-7-11-39-9-3-5-13-46(39)48)58-31-21-41-18-28-49-57(30-20-40-19-29-50(58)62(41)61(40)49)69(43-24-16-37(36-67)17-25-43)59-32-51(53(63)34-55(59)65)47-14-6-10-38-8-2-4-12-45(38)47;1-68-46-20-24-48(25-21-46)70(60-33-52(54(64)35-56(60)66)45-15-13-39-7-3-5-9-43(39)31-45)58-29-19-41-16-26-49-57(28-18-40-17-27-50(58)62(41)61(40)49)69(47-22-10-37(36-67)11-23-47)59-32-51(53(63)34-55(59)65)44-14-12-38-6-2-4-8-42(38)30-44/h2*2-35H. The second-order valence-electron chi connectivity index (χ2n) is 34.4. The van der Waals surface area contributed by atoms with Crippen LogP contribution in [-0.4, -0.2) is 0 Å². The third-order valence-electron chi connectivity index (χ3n) is 26.6. The summed E-state index contributed by atoms with van der Waals surface area (Å²) in [6.45, 7) is 15.3. The average molecular weight is 1820 g/mol. The van der Waals surface area contributed by atoms with Crippen LogP contribution >= 0.6 is 0 Å². The Morgan fingerprint density at radius 3 is 0.757 bits per heavy atom. The molecule has 660 valence electrons. The summed E-state index contributed by atoms with van der Waals surface area (Å²) in [4.78, 5) is 14.2. The Bertz CT molecular complexity index is 8840. The zero-order chi connectivity index (χ0) is 95.2. The average Bonchev–Trinajstić information content (AvgIpc) is 0.718. The van der Waals surface area contributed by atoms with E-state index in [-0.39, 0.29) is 45.0 Å². The largest absolute Gasteiger partial charge is 0.307 e. The van der Waals surface area contributed by atoms with Gasteiger partial charge in [-0.15, -0.1) is 0 Å². The van der Waals surface area contributed by atoms with Crippen molar-refractivity contribution in [2.75, 3.05) is 19.6 Å². The van der Waals surface area contributed by atoms with Gasteiger partial charge in [0.1, 0.15) is 46.5 Å². The van der Waals surface area contributed by atoms with Gasteiger partial charge in [0.15, 0.2) is 11.4 Å². The molecule has 24 aromatic carbocycles. The molecule has 16 heteroatoms. The maximum atomic E-state index is 16.8. The molecule has 0 fully saturated rings. The Balaban J connectivity index is 0.000000156. The molecule has 0 heterocycles. The summed E-state index contributed by atoms with van der Waals surface area (Å²) in [5.74, 6) is -6.00. The molecule has 140 heavy (non-hydrogen) atoms. The number of fused-ring (bicyclic) bond motifs is 4. The minimum Gasteiger partial charge on any atom is -0.307 e. The summed E-state index contributed by atoms with van der Waals surface area (Å²) in [6, 6.07) is 126. The first-order chi connectivity index (χ1) is 68.5. The Labute approximate surface area is 797 Å². The second-order valence-corrected chi connectivity index (χ2v) is 34.4. The second kappa shape index (κ2) is 34.8. The lowest BCUT2D eigenvalue weighted by Gasteiger charge is -2.30. The van der Waals surface area contributed by atoms with E-state index in [4.69, 9.17) is 13.1 Å². The predicted molar refractivity (Wildman–Crippen MR) is 552 cm³/mol. The van der Waals surface area contributed by atoms with Crippen molar-refractivity contribution < 1.29 is 35.1 Å². The number of nitrogens with zero attached hydrogens (tertiary/aromatic N) is 8. The van der Waals surface area contributed by atoms with Gasteiger partial charge in [0.05, 0.1) is 81.9 Å². The number of hydrogen-bond acceptors (Lipinski definition) is 6. The van der Waals surface area contributed by atoms with Crippen LogP contribution in [0.1, 0.15) is 11.1 Å². The van der Waals surface area contributed by atoms with E-state index in [1.54, 1.807) is 129 Å². The van der Waals surface area contributed by atoms with Crippen LogP contribution in [0.3, 0.4) is 0 Å². The van der Waals surface area contributed by atoms with Gasteiger partial charge in [-0.05, 0) is 242 Å². The van der Waals surface area contributed by atoms with Crippen LogP contribution in [0.15, 0.2) is 413 Å². The number of rotatable bonds is 16. The van der Waals surface area contributed by atoms with E-state index in [1.165, 1.54) is 12.1 Å². The number of hydrogen-bond donors (Lipinski definition) is 0. The summed E-state index contributed by atoms with van der Waals surface area (Å²) in [6.07, 6.45) is 0. The third-order valence-corrected chi connectivity index (χ3v) is 26.6. The fraction of sp³-hybridized carbons (Fsp3) is 0. The highest BCUT2D eigenvalue weighted by Crippen LogP contribution is 2.54. The monoisotopic (exact) mass is 1820 g/mol. The number of halogens is 8. The van der Waals surface area contributed by atoms with Crippen LogP contribution in [0.25, 0.3) is 162 Å². The smallest absolute Gasteiger partial charge is 0.187 e. The van der Waals surface area contributed by atoms with Crippen LogP contribution in [-0.2, 0) is 0 Å². The van der Waals surface area contributed by atoms with Crippen molar-refractivity contribution in [1.29, 1.82) is 10.5 Å². The van der Waals surface area contributed by atoms with E-state index < -0.39 is 46.5 Å². The highest BCUT2D eigenvalue weighted by molar-refractivity contribution is 6.30.